The van der Waals surface area contributed by atoms with Crippen LogP contribution >= 0.6 is 0 Å². The highest BCUT2D eigenvalue weighted by molar-refractivity contribution is 6.53. The van der Waals surface area contributed by atoms with Crippen LogP contribution < -0.4 is 0 Å². The van der Waals surface area contributed by atoms with Crippen LogP contribution in [-0.2, 0) is 0 Å². The van der Waals surface area contributed by atoms with Crippen molar-refractivity contribution in [2.24, 2.45) is 10.9 Å². The molecular weight excluding hydrogens is 190 g/mol. The molecule has 0 heterocycles. The number of hydrogen-bond acceptors (Lipinski definition) is 3. The summed E-state index contributed by atoms with van der Waals surface area (Å²) in [5.41, 5.74) is 1.35. The van der Waals surface area contributed by atoms with Crippen molar-refractivity contribution >= 4 is 17.3 Å². The van der Waals surface area contributed by atoms with E-state index in [-0.39, 0.29) is 11.6 Å². The van der Waals surface area contributed by atoms with Gasteiger partial charge in [-0.05, 0) is 6.92 Å². The van der Waals surface area contributed by atoms with E-state index in [1.54, 1.807) is 38.2 Å². The zero-order valence-electron chi connectivity index (χ0n) is 8.65. The SMILES string of the molecule is CN=C1C(=O)c2ccccc2C(=O)[C@@H]1C. The molecule has 0 bridgehead atoms. The van der Waals surface area contributed by atoms with E-state index >= 15 is 0 Å². The van der Waals surface area contributed by atoms with Crippen LogP contribution in [0.25, 0.3) is 0 Å². The van der Waals surface area contributed by atoms with Crippen molar-refractivity contribution in [1.29, 1.82) is 0 Å². The van der Waals surface area contributed by atoms with Gasteiger partial charge >= 0.3 is 0 Å². The minimum atomic E-state index is -0.419. The summed E-state index contributed by atoms with van der Waals surface area (Å²) in [7, 11) is 1.55. The fraction of sp³-hybridized carbons (Fsp3) is 0.250. The Morgan fingerprint density at radius 2 is 1.73 bits per heavy atom. The minimum Gasteiger partial charge on any atom is -0.293 e. The summed E-state index contributed by atoms with van der Waals surface area (Å²) in [5, 5.41) is 0. The highest BCUT2D eigenvalue weighted by atomic mass is 16.1. The molecule has 0 aromatic heterocycles. The van der Waals surface area contributed by atoms with E-state index in [0.717, 1.165) is 0 Å². The number of ketones is 2. The molecule has 0 N–H and O–H groups in total. The van der Waals surface area contributed by atoms with Crippen LogP contribution in [0, 0.1) is 5.92 Å². The van der Waals surface area contributed by atoms with Crippen LogP contribution in [0.3, 0.4) is 0 Å². The molecule has 0 spiro atoms. The molecule has 1 aromatic rings. The summed E-state index contributed by atoms with van der Waals surface area (Å²) in [5.74, 6) is -0.566. The second-order valence-electron chi connectivity index (χ2n) is 3.57. The predicted molar refractivity (Wildman–Crippen MR) is 57.6 cm³/mol. The summed E-state index contributed by atoms with van der Waals surface area (Å²) < 4.78 is 0. The quantitative estimate of drug-likeness (QED) is 0.642. The Balaban J connectivity index is 2.68. The van der Waals surface area contributed by atoms with Gasteiger partial charge in [0.15, 0.2) is 5.78 Å². The number of aliphatic imine (C=N–C) groups is 1. The van der Waals surface area contributed by atoms with Crippen LogP contribution in [0.5, 0.6) is 0 Å². The van der Waals surface area contributed by atoms with Gasteiger partial charge in [-0.2, -0.15) is 0 Å². The molecule has 0 unspecified atom stereocenters. The molecule has 3 heteroatoms. The highest BCUT2D eigenvalue weighted by Crippen LogP contribution is 2.23. The Labute approximate surface area is 87.8 Å². The monoisotopic (exact) mass is 201 g/mol. The van der Waals surface area contributed by atoms with Crippen molar-refractivity contribution in [2.45, 2.75) is 6.92 Å². The average Bonchev–Trinajstić information content (AvgIpc) is 2.27. The van der Waals surface area contributed by atoms with Gasteiger partial charge in [-0.1, -0.05) is 24.3 Å². The molecule has 0 amide bonds. The van der Waals surface area contributed by atoms with Gasteiger partial charge in [-0.15, -0.1) is 0 Å². The molecule has 76 valence electrons. The lowest BCUT2D eigenvalue weighted by Gasteiger charge is -2.20. The standard InChI is InChI=1S/C12H11NO2/c1-7-10(13-2)12(15)9-6-4-3-5-8(9)11(7)14/h3-7H,1-2H3/t7-/m1/s1. The number of nitrogens with zero attached hydrogens (tertiary/aromatic N) is 1. The molecule has 15 heavy (non-hydrogen) atoms. The lowest BCUT2D eigenvalue weighted by atomic mass is 9.81. The largest absolute Gasteiger partial charge is 0.293 e. The van der Waals surface area contributed by atoms with Crippen LogP contribution in [0.2, 0.25) is 0 Å². The van der Waals surface area contributed by atoms with E-state index in [1.807, 2.05) is 0 Å². The van der Waals surface area contributed by atoms with Crippen molar-refractivity contribution in [3.05, 3.63) is 35.4 Å². The molecule has 3 nitrogen and oxygen atoms in total. The van der Waals surface area contributed by atoms with Crippen LogP contribution in [0.1, 0.15) is 27.6 Å². The van der Waals surface area contributed by atoms with Crippen LogP contribution in [-0.4, -0.2) is 24.3 Å². The van der Waals surface area contributed by atoms with Gasteiger partial charge in [0.25, 0.3) is 0 Å². The van der Waals surface area contributed by atoms with E-state index in [2.05, 4.69) is 4.99 Å². The molecule has 0 fully saturated rings. The minimum absolute atomic E-state index is 0.0224. The Hall–Kier alpha value is -1.77. The van der Waals surface area contributed by atoms with Crippen molar-refractivity contribution in [3.8, 4) is 0 Å². The van der Waals surface area contributed by atoms with Crippen LogP contribution in [0.15, 0.2) is 29.3 Å². The molecule has 1 aromatic carbocycles. The summed E-state index contributed by atoms with van der Waals surface area (Å²) in [6, 6.07) is 6.89. The third kappa shape index (κ3) is 1.31. The van der Waals surface area contributed by atoms with Gasteiger partial charge in [0.1, 0.15) is 0 Å². The fourth-order valence-electron chi connectivity index (χ4n) is 1.88. The molecular formula is C12H11NO2. The maximum atomic E-state index is 11.9. The predicted octanol–water partition coefficient (Wildman–Crippen LogP) is 1.77. The lowest BCUT2D eigenvalue weighted by molar-refractivity contribution is 0.0927. The summed E-state index contributed by atoms with van der Waals surface area (Å²) >= 11 is 0. The zero-order chi connectivity index (χ0) is 11.0. The average molecular weight is 201 g/mol. The molecule has 0 saturated heterocycles. The van der Waals surface area contributed by atoms with Gasteiger partial charge < -0.3 is 0 Å². The third-order valence-corrected chi connectivity index (χ3v) is 2.71. The van der Waals surface area contributed by atoms with Gasteiger partial charge in [0.2, 0.25) is 5.78 Å². The van der Waals surface area contributed by atoms with Crippen molar-refractivity contribution in [3.63, 3.8) is 0 Å². The number of Topliss-reactive ketones (excluding diaryl/α,β-unsaturated/α-hetero) is 2. The third-order valence-electron chi connectivity index (χ3n) is 2.71. The number of hydrogen-bond donors (Lipinski definition) is 0. The maximum Gasteiger partial charge on any atom is 0.208 e. The summed E-state index contributed by atoms with van der Waals surface area (Å²) in [6.07, 6.45) is 0. The van der Waals surface area contributed by atoms with Gasteiger partial charge in [-0.25, -0.2) is 0 Å². The van der Waals surface area contributed by atoms with E-state index in [1.165, 1.54) is 0 Å². The lowest BCUT2D eigenvalue weighted by Crippen LogP contribution is -2.35. The first kappa shape index (κ1) is 9.77. The maximum absolute atomic E-state index is 11.9. The smallest absolute Gasteiger partial charge is 0.208 e. The summed E-state index contributed by atoms with van der Waals surface area (Å²) in [6.45, 7) is 1.72. The van der Waals surface area contributed by atoms with Crippen molar-refractivity contribution in [1.82, 2.24) is 0 Å². The Morgan fingerprint density at radius 3 is 2.33 bits per heavy atom. The first-order chi connectivity index (χ1) is 7.16. The molecule has 1 aliphatic carbocycles. The first-order valence-corrected chi connectivity index (χ1v) is 4.81. The second kappa shape index (κ2) is 3.42. The Morgan fingerprint density at radius 1 is 1.13 bits per heavy atom. The molecule has 0 aliphatic heterocycles. The number of carbonyl (C=O) groups excluding carboxylic acids is 2. The molecule has 2 rings (SSSR count). The van der Waals surface area contributed by atoms with Crippen LogP contribution in [0.4, 0.5) is 0 Å². The van der Waals surface area contributed by atoms with Crippen molar-refractivity contribution in [2.75, 3.05) is 7.05 Å². The highest BCUT2D eigenvalue weighted by Gasteiger charge is 2.34. The van der Waals surface area contributed by atoms with E-state index in [4.69, 9.17) is 0 Å². The van der Waals surface area contributed by atoms with E-state index in [9.17, 15) is 9.59 Å². The van der Waals surface area contributed by atoms with Gasteiger partial charge in [-0.3, -0.25) is 14.6 Å². The molecule has 0 radical (unpaired) electrons. The molecule has 0 saturated carbocycles. The number of rotatable bonds is 0. The topological polar surface area (TPSA) is 46.5 Å². The Bertz CT molecular complexity index is 474. The first-order valence-electron chi connectivity index (χ1n) is 4.81. The molecule has 1 atom stereocenters. The molecule has 1 aliphatic rings. The van der Waals surface area contributed by atoms with E-state index < -0.39 is 5.92 Å². The number of benzene rings is 1. The van der Waals surface area contributed by atoms with Crippen molar-refractivity contribution < 1.29 is 9.59 Å². The van der Waals surface area contributed by atoms with Gasteiger partial charge in [0.05, 0.1) is 11.6 Å². The fourth-order valence-corrected chi connectivity index (χ4v) is 1.88. The zero-order valence-corrected chi connectivity index (χ0v) is 8.65. The Kier molecular flexibility index (Phi) is 2.23. The number of carbonyl (C=O) groups is 2. The van der Waals surface area contributed by atoms with E-state index in [0.29, 0.717) is 16.8 Å². The number of fused-ring (bicyclic) bond motifs is 1. The van der Waals surface area contributed by atoms with Gasteiger partial charge in [0, 0.05) is 18.2 Å². The second-order valence-corrected chi connectivity index (χ2v) is 3.57. The summed E-state index contributed by atoms with van der Waals surface area (Å²) in [4.78, 5) is 27.7. The normalized spacial score (nSPS) is 23.1.